The number of amides is 1. The van der Waals surface area contributed by atoms with E-state index in [1.807, 2.05) is 0 Å². The second-order valence-electron chi connectivity index (χ2n) is 5.54. The molecule has 0 aromatic heterocycles. The zero-order chi connectivity index (χ0) is 13.9. The number of fused-ring (bicyclic) bond motifs is 1. The molecule has 0 bridgehead atoms. The topological polar surface area (TPSA) is 41.1 Å². The molecule has 0 radical (unpaired) electrons. The van der Waals surface area contributed by atoms with Crippen LogP contribution in [0.15, 0.2) is 42.5 Å². The summed E-state index contributed by atoms with van der Waals surface area (Å²) in [6.07, 6.45) is 1.60. The maximum absolute atomic E-state index is 11.2. The first-order valence-corrected chi connectivity index (χ1v) is 7.24. The lowest BCUT2D eigenvalue weighted by Crippen LogP contribution is -2.36. The molecule has 2 aromatic carbocycles. The van der Waals surface area contributed by atoms with Gasteiger partial charge in [-0.25, -0.2) is 0 Å². The molecule has 0 aliphatic carbocycles. The van der Waals surface area contributed by atoms with Crippen LogP contribution >= 0.6 is 0 Å². The first-order valence-electron chi connectivity index (χ1n) is 7.24. The smallest absolute Gasteiger partial charge is 0.220 e. The van der Waals surface area contributed by atoms with E-state index >= 15 is 0 Å². The number of carbonyl (C=O) groups excluding carboxylic acids is 1. The van der Waals surface area contributed by atoms with E-state index in [1.165, 1.54) is 16.3 Å². The van der Waals surface area contributed by atoms with Crippen molar-refractivity contribution >= 4 is 16.7 Å². The molecule has 1 heterocycles. The van der Waals surface area contributed by atoms with Crippen molar-refractivity contribution in [2.75, 3.05) is 6.54 Å². The van der Waals surface area contributed by atoms with E-state index in [0.29, 0.717) is 6.42 Å². The summed E-state index contributed by atoms with van der Waals surface area (Å²) in [4.78, 5) is 11.2. The summed E-state index contributed by atoms with van der Waals surface area (Å²) in [6, 6.07) is 15.6. The van der Waals surface area contributed by atoms with Gasteiger partial charge >= 0.3 is 0 Å². The summed E-state index contributed by atoms with van der Waals surface area (Å²) >= 11 is 0. The molecular formula is C17H20N2O. The molecule has 1 aliphatic heterocycles. The molecule has 1 aliphatic rings. The summed E-state index contributed by atoms with van der Waals surface area (Å²) in [6.45, 7) is 3.00. The maximum atomic E-state index is 11.2. The molecule has 20 heavy (non-hydrogen) atoms. The minimum Gasteiger partial charge on any atom is -0.352 e. The third kappa shape index (κ3) is 2.83. The van der Waals surface area contributed by atoms with Gasteiger partial charge in [0.2, 0.25) is 5.91 Å². The van der Waals surface area contributed by atoms with E-state index < -0.39 is 0 Å². The predicted octanol–water partition coefficient (Wildman–Crippen LogP) is 2.77. The SMILES string of the molecule is CC(NCC1CCC(=O)N1)c1ccc2ccccc2c1. The molecule has 0 saturated carbocycles. The molecule has 1 saturated heterocycles. The van der Waals surface area contributed by atoms with Crippen molar-refractivity contribution < 1.29 is 4.79 Å². The van der Waals surface area contributed by atoms with Crippen LogP contribution in [-0.2, 0) is 4.79 Å². The lowest BCUT2D eigenvalue weighted by molar-refractivity contribution is -0.119. The number of benzene rings is 2. The summed E-state index contributed by atoms with van der Waals surface area (Å²) < 4.78 is 0. The van der Waals surface area contributed by atoms with Crippen molar-refractivity contribution in [3.05, 3.63) is 48.0 Å². The van der Waals surface area contributed by atoms with Crippen LogP contribution in [0.4, 0.5) is 0 Å². The number of nitrogens with one attached hydrogen (secondary N) is 2. The Kier molecular flexibility index (Phi) is 3.70. The van der Waals surface area contributed by atoms with Crippen molar-refractivity contribution in [2.24, 2.45) is 0 Å². The van der Waals surface area contributed by atoms with Gasteiger partial charge < -0.3 is 10.6 Å². The van der Waals surface area contributed by atoms with Gasteiger partial charge in [-0.05, 0) is 35.7 Å². The Morgan fingerprint density at radius 3 is 2.80 bits per heavy atom. The highest BCUT2D eigenvalue weighted by Gasteiger charge is 2.20. The summed E-state index contributed by atoms with van der Waals surface area (Å²) in [5.74, 6) is 0.176. The molecule has 3 heteroatoms. The average Bonchev–Trinajstić information content (AvgIpc) is 2.90. The second-order valence-corrected chi connectivity index (χ2v) is 5.54. The fraction of sp³-hybridized carbons (Fsp3) is 0.353. The lowest BCUT2D eigenvalue weighted by Gasteiger charge is -2.18. The molecule has 3 rings (SSSR count). The molecule has 2 unspecified atom stereocenters. The van der Waals surface area contributed by atoms with Gasteiger partial charge in [-0.15, -0.1) is 0 Å². The normalized spacial score (nSPS) is 20.1. The van der Waals surface area contributed by atoms with Gasteiger partial charge in [0, 0.05) is 25.0 Å². The zero-order valence-electron chi connectivity index (χ0n) is 11.7. The van der Waals surface area contributed by atoms with E-state index in [-0.39, 0.29) is 18.0 Å². The van der Waals surface area contributed by atoms with Crippen molar-refractivity contribution in [2.45, 2.75) is 31.8 Å². The van der Waals surface area contributed by atoms with Crippen molar-refractivity contribution in [1.82, 2.24) is 10.6 Å². The van der Waals surface area contributed by atoms with Crippen LogP contribution in [0.25, 0.3) is 10.8 Å². The summed E-state index contributed by atoms with van der Waals surface area (Å²) in [5.41, 5.74) is 1.29. The Bertz CT molecular complexity index is 623. The fourth-order valence-corrected chi connectivity index (χ4v) is 2.74. The minimum absolute atomic E-state index is 0.176. The highest BCUT2D eigenvalue weighted by atomic mass is 16.1. The van der Waals surface area contributed by atoms with Gasteiger partial charge in [-0.3, -0.25) is 4.79 Å². The van der Waals surface area contributed by atoms with Gasteiger partial charge in [0.25, 0.3) is 0 Å². The Morgan fingerprint density at radius 1 is 1.25 bits per heavy atom. The maximum Gasteiger partial charge on any atom is 0.220 e. The highest BCUT2D eigenvalue weighted by molar-refractivity contribution is 5.83. The van der Waals surface area contributed by atoms with E-state index in [2.05, 4.69) is 60.0 Å². The molecule has 104 valence electrons. The van der Waals surface area contributed by atoms with Crippen molar-refractivity contribution in [3.8, 4) is 0 Å². The molecule has 2 N–H and O–H groups in total. The van der Waals surface area contributed by atoms with E-state index in [9.17, 15) is 4.79 Å². The van der Waals surface area contributed by atoms with Crippen LogP contribution in [-0.4, -0.2) is 18.5 Å². The first kappa shape index (κ1) is 13.1. The Hall–Kier alpha value is -1.87. The quantitative estimate of drug-likeness (QED) is 0.895. The van der Waals surface area contributed by atoms with E-state index in [4.69, 9.17) is 0 Å². The average molecular weight is 268 g/mol. The number of carbonyl (C=O) groups is 1. The van der Waals surface area contributed by atoms with Gasteiger partial charge in [0.1, 0.15) is 0 Å². The van der Waals surface area contributed by atoms with Crippen molar-refractivity contribution in [1.29, 1.82) is 0 Å². The monoisotopic (exact) mass is 268 g/mol. The Morgan fingerprint density at radius 2 is 2.05 bits per heavy atom. The number of hydrogen-bond acceptors (Lipinski definition) is 2. The summed E-state index contributed by atoms with van der Waals surface area (Å²) in [7, 11) is 0. The largest absolute Gasteiger partial charge is 0.352 e. The Labute approximate surface area is 119 Å². The van der Waals surface area contributed by atoms with Gasteiger partial charge in [0.15, 0.2) is 0 Å². The van der Waals surface area contributed by atoms with Crippen LogP contribution in [0.1, 0.15) is 31.4 Å². The van der Waals surface area contributed by atoms with Crippen molar-refractivity contribution in [3.63, 3.8) is 0 Å². The van der Waals surface area contributed by atoms with Gasteiger partial charge in [-0.1, -0.05) is 36.4 Å². The minimum atomic E-state index is 0.176. The van der Waals surface area contributed by atoms with Crippen LogP contribution in [0.2, 0.25) is 0 Å². The summed E-state index contributed by atoms with van der Waals surface area (Å²) in [5, 5.41) is 9.04. The van der Waals surface area contributed by atoms with E-state index in [0.717, 1.165) is 13.0 Å². The predicted molar refractivity (Wildman–Crippen MR) is 81.5 cm³/mol. The van der Waals surface area contributed by atoms with Crippen LogP contribution < -0.4 is 10.6 Å². The molecular weight excluding hydrogens is 248 g/mol. The first-order chi connectivity index (χ1) is 9.72. The molecule has 3 nitrogen and oxygen atoms in total. The molecule has 1 fully saturated rings. The molecule has 2 aromatic rings. The van der Waals surface area contributed by atoms with Crippen LogP contribution in [0.3, 0.4) is 0 Å². The lowest BCUT2D eigenvalue weighted by atomic mass is 10.0. The molecule has 2 atom stereocenters. The van der Waals surface area contributed by atoms with Gasteiger partial charge in [-0.2, -0.15) is 0 Å². The second kappa shape index (κ2) is 5.63. The third-order valence-electron chi connectivity index (χ3n) is 4.03. The molecule has 1 amide bonds. The Balaban J connectivity index is 1.65. The number of rotatable bonds is 4. The number of hydrogen-bond donors (Lipinski definition) is 2. The van der Waals surface area contributed by atoms with Crippen LogP contribution in [0.5, 0.6) is 0 Å². The third-order valence-corrected chi connectivity index (χ3v) is 4.03. The van der Waals surface area contributed by atoms with Gasteiger partial charge in [0.05, 0.1) is 0 Å². The van der Waals surface area contributed by atoms with Crippen LogP contribution in [0, 0.1) is 0 Å². The zero-order valence-corrected chi connectivity index (χ0v) is 11.7. The molecule has 0 spiro atoms. The standard InChI is InChI=1S/C17H20N2O/c1-12(18-11-16-8-9-17(20)19-16)14-7-6-13-4-2-3-5-15(13)10-14/h2-7,10,12,16,18H,8-9,11H2,1H3,(H,19,20). The fourth-order valence-electron chi connectivity index (χ4n) is 2.74. The highest BCUT2D eigenvalue weighted by Crippen LogP contribution is 2.20. The van der Waals surface area contributed by atoms with E-state index in [1.54, 1.807) is 0 Å².